The van der Waals surface area contributed by atoms with E-state index in [-0.39, 0.29) is 0 Å². The van der Waals surface area contributed by atoms with E-state index in [0.29, 0.717) is 0 Å². The van der Waals surface area contributed by atoms with E-state index in [1.165, 1.54) is 77.3 Å². The molecule has 0 aromatic carbocycles. The summed E-state index contributed by atoms with van der Waals surface area (Å²) in [7, 11) is 0. The van der Waals surface area contributed by atoms with Gasteiger partial charge in [-0.15, -0.1) is 0 Å². The Labute approximate surface area is 125 Å². The Morgan fingerprint density at radius 1 is 0.950 bits per heavy atom. The molecule has 3 aliphatic rings. The third-order valence-electron chi connectivity index (χ3n) is 6.28. The molecule has 0 radical (unpaired) electrons. The Hall–Kier alpha value is -0.0800. The minimum Gasteiger partial charge on any atom is -0.314 e. The van der Waals surface area contributed by atoms with E-state index < -0.39 is 0 Å². The zero-order valence-electron chi connectivity index (χ0n) is 13.4. The van der Waals surface area contributed by atoms with Gasteiger partial charge in [0.25, 0.3) is 0 Å². The third kappa shape index (κ3) is 3.76. The average Bonchev–Trinajstić information content (AvgIpc) is 3.11. The van der Waals surface area contributed by atoms with Gasteiger partial charge in [0.2, 0.25) is 0 Å². The predicted molar refractivity (Wildman–Crippen MR) is 85.9 cm³/mol. The highest BCUT2D eigenvalue weighted by molar-refractivity contribution is 4.93. The average molecular weight is 278 g/mol. The zero-order valence-corrected chi connectivity index (χ0v) is 13.4. The summed E-state index contributed by atoms with van der Waals surface area (Å²) in [6.45, 7) is 4.95. The fraction of sp³-hybridized carbons (Fsp3) is 1.00. The van der Waals surface area contributed by atoms with Crippen LogP contribution in [0.1, 0.15) is 71.1 Å². The molecule has 0 aromatic rings. The largest absolute Gasteiger partial charge is 0.314 e. The predicted octanol–water partition coefficient (Wildman–Crippen LogP) is 3.71. The smallest absolute Gasteiger partial charge is 0.0111 e. The van der Waals surface area contributed by atoms with Crippen LogP contribution in [0.4, 0.5) is 0 Å². The lowest BCUT2D eigenvalue weighted by Gasteiger charge is -2.29. The molecule has 0 spiro atoms. The summed E-state index contributed by atoms with van der Waals surface area (Å²) in [5.41, 5.74) is 0. The van der Waals surface area contributed by atoms with Crippen molar-refractivity contribution < 1.29 is 0 Å². The molecule has 0 aromatic heterocycles. The summed E-state index contributed by atoms with van der Waals surface area (Å²) in [6.07, 6.45) is 14.5. The normalized spacial score (nSPS) is 42.1. The molecule has 3 unspecified atom stereocenters. The standard InChI is InChI=1S/C18H34N2/c1-14-7-9-15(10-8-14)11-13-20-17-5-2-4-16(17)18-6-3-12-19-18/h14-20H,2-13H2,1H3. The minimum atomic E-state index is 0.813. The van der Waals surface area contributed by atoms with Crippen molar-refractivity contribution in [1.82, 2.24) is 10.6 Å². The van der Waals surface area contributed by atoms with Gasteiger partial charge in [-0.1, -0.05) is 39.0 Å². The van der Waals surface area contributed by atoms with E-state index in [1.807, 2.05) is 0 Å². The molecule has 3 rings (SSSR count). The first-order valence-corrected chi connectivity index (χ1v) is 9.29. The molecule has 0 amide bonds. The van der Waals surface area contributed by atoms with Gasteiger partial charge in [0.1, 0.15) is 0 Å². The van der Waals surface area contributed by atoms with Crippen molar-refractivity contribution in [1.29, 1.82) is 0 Å². The van der Waals surface area contributed by atoms with Crippen molar-refractivity contribution in [2.75, 3.05) is 13.1 Å². The molecule has 2 N–H and O–H groups in total. The van der Waals surface area contributed by atoms with Crippen molar-refractivity contribution in [3.8, 4) is 0 Å². The molecule has 3 fully saturated rings. The molecule has 20 heavy (non-hydrogen) atoms. The fourth-order valence-corrected chi connectivity index (χ4v) is 4.89. The van der Waals surface area contributed by atoms with Gasteiger partial charge in [-0.3, -0.25) is 0 Å². The van der Waals surface area contributed by atoms with Crippen molar-refractivity contribution in [3.63, 3.8) is 0 Å². The Bertz CT molecular complexity index is 277. The van der Waals surface area contributed by atoms with Crippen LogP contribution in [0, 0.1) is 17.8 Å². The Morgan fingerprint density at radius 2 is 1.80 bits per heavy atom. The second kappa shape index (κ2) is 7.26. The highest BCUT2D eigenvalue weighted by Crippen LogP contribution is 2.33. The van der Waals surface area contributed by atoms with E-state index in [4.69, 9.17) is 0 Å². The maximum absolute atomic E-state index is 3.93. The number of nitrogens with one attached hydrogen (secondary N) is 2. The summed E-state index contributed by atoms with van der Waals surface area (Å²) < 4.78 is 0. The number of hydrogen-bond acceptors (Lipinski definition) is 2. The van der Waals surface area contributed by atoms with Crippen LogP contribution in [0.3, 0.4) is 0 Å². The maximum atomic E-state index is 3.93. The zero-order chi connectivity index (χ0) is 13.8. The van der Waals surface area contributed by atoms with E-state index in [1.54, 1.807) is 0 Å². The monoisotopic (exact) mass is 278 g/mol. The molecule has 116 valence electrons. The van der Waals surface area contributed by atoms with E-state index >= 15 is 0 Å². The fourth-order valence-electron chi connectivity index (χ4n) is 4.89. The van der Waals surface area contributed by atoms with Crippen molar-refractivity contribution >= 4 is 0 Å². The van der Waals surface area contributed by atoms with Gasteiger partial charge in [-0.05, 0) is 62.9 Å². The highest BCUT2D eigenvalue weighted by atomic mass is 15.0. The SMILES string of the molecule is CC1CCC(CCNC2CCCC2C2CCCN2)CC1. The van der Waals surface area contributed by atoms with Crippen LogP contribution in [0.25, 0.3) is 0 Å². The quantitative estimate of drug-likeness (QED) is 0.801. The molecule has 1 heterocycles. The van der Waals surface area contributed by atoms with Gasteiger partial charge >= 0.3 is 0 Å². The number of hydrogen-bond donors (Lipinski definition) is 2. The van der Waals surface area contributed by atoms with Gasteiger partial charge < -0.3 is 10.6 Å². The lowest BCUT2D eigenvalue weighted by Crippen LogP contribution is -2.42. The Kier molecular flexibility index (Phi) is 5.39. The van der Waals surface area contributed by atoms with Crippen LogP contribution in [0.15, 0.2) is 0 Å². The molecule has 1 saturated heterocycles. The topological polar surface area (TPSA) is 24.1 Å². The third-order valence-corrected chi connectivity index (χ3v) is 6.28. The lowest BCUT2D eigenvalue weighted by atomic mass is 9.81. The first-order chi connectivity index (χ1) is 9.83. The summed E-state index contributed by atoms with van der Waals surface area (Å²) in [5, 5.41) is 7.66. The van der Waals surface area contributed by atoms with Gasteiger partial charge in [0.15, 0.2) is 0 Å². The van der Waals surface area contributed by atoms with Crippen LogP contribution in [0.5, 0.6) is 0 Å². The maximum Gasteiger partial charge on any atom is 0.0111 e. The highest BCUT2D eigenvalue weighted by Gasteiger charge is 2.34. The number of rotatable bonds is 5. The van der Waals surface area contributed by atoms with Crippen molar-refractivity contribution in [2.24, 2.45) is 17.8 Å². The molecule has 2 saturated carbocycles. The van der Waals surface area contributed by atoms with E-state index in [2.05, 4.69) is 17.6 Å². The van der Waals surface area contributed by atoms with Crippen LogP contribution in [0.2, 0.25) is 0 Å². The van der Waals surface area contributed by atoms with Crippen LogP contribution in [-0.2, 0) is 0 Å². The minimum absolute atomic E-state index is 0.813. The molecule has 2 aliphatic carbocycles. The van der Waals surface area contributed by atoms with Gasteiger partial charge in [-0.2, -0.15) is 0 Å². The van der Waals surface area contributed by atoms with E-state index in [9.17, 15) is 0 Å². The van der Waals surface area contributed by atoms with Crippen LogP contribution < -0.4 is 10.6 Å². The second-order valence-corrected chi connectivity index (χ2v) is 7.77. The van der Waals surface area contributed by atoms with Gasteiger partial charge in [-0.25, -0.2) is 0 Å². The van der Waals surface area contributed by atoms with Crippen molar-refractivity contribution in [2.45, 2.75) is 83.2 Å². The lowest BCUT2D eigenvalue weighted by molar-refractivity contribution is 0.262. The molecule has 2 nitrogen and oxygen atoms in total. The van der Waals surface area contributed by atoms with E-state index in [0.717, 1.165) is 29.8 Å². The molecular formula is C18H34N2. The molecule has 1 aliphatic heterocycles. The first-order valence-electron chi connectivity index (χ1n) is 9.29. The van der Waals surface area contributed by atoms with Crippen LogP contribution >= 0.6 is 0 Å². The molecule has 2 heteroatoms. The summed E-state index contributed by atoms with van der Waals surface area (Å²) >= 11 is 0. The molecule has 0 bridgehead atoms. The molecule has 3 atom stereocenters. The first kappa shape index (κ1) is 14.8. The Balaban J connectivity index is 1.37. The summed E-state index contributed by atoms with van der Waals surface area (Å²) in [4.78, 5) is 0. The van der Waals surface area contributed by atoms with Gasteiger partial charge in [0.05, 0.1) is 0 Å². The van der Waals surface area contributed by atoms with Crippen LogP contribution in [-0.4, -0.2) is 25.2 Å². The van der Waals surface area contributed by atoms with Gasteiger partial charge in [0, 0.05) is 12.1 Å². The second-order valence-electron chi connectivity index (χ2n) is 7.77. The van der Waals surface area contributed by atoms with Crippen molar-refractivity contribution in [3.05, 3.63) is 0 Å². The Morgan fingerprint density at radius 3 is 2.55 bits per heavy atom. The summed E-state index contributed by atoms with van der Waals surface area (Å²) in [6, 6.07) is 1.64. The molecular weight excluding hydrogens is 244 g/mol. The summed E-state index contributed by atoms with van der Waals surface area (Å²) in [5.74, 6) is 2.93.